The van der Waals surface area contributed by atoms with Gasteiger partial charge in [-0.1, -0.05) is 13.0 Å². The predicted molar refractivity (Wildman–Crippen MR) is 83.6 cm³/mol. The van der Waals surface area contributed by atoms with Crippen molar-refractivity contribution in [2.45, 2.75) is 19.9 Å². The third-order valence-corrected chi connectivity index (χ3v) is 3.91. The number of nitrogens with zero attached hydrogens (tertiary/aromatic N) is 5. The highest BCUT2D eigenvalue weighted by Crippen LogP contribution is 2.12. The Morgan fingerprint density at radius 1 is 1.32 bits per heavy atom. The molecule has 2 aromatic heterocycles. The highest BCUT2D eigenvalue weighted by Gasteiger charge is 2.11. The van der Waals surface area contributed by atoms with Gasteiger partial charge in [-0.25, -0.2) is 9.67 Å². The summed E-state index contributed by atoms with van der Waals surface area (Å²) >= 11 is 0. The van der Waals surface area contributed by atoms with Crippen LogP contribution in [0.25, 0.3) is 5.82 Å². The molecule has 1 fully saturated rings. The molecule has 22 heavy (non-hydrogen) atoms. The molecule has 2 aromatic rings. The monoisotopic (exact) mass is 296 g/mol. The lowest BCUT2D eigenvalue weighted by Crippen LogP contribution is -2.42. The SMILES string of the molecule is CCc1nn(-c2ccc(CN3CCNCC3)cn2)cc1C#N. The molecular weight excluding hydrogens is 276 g/mol. The molecule has 0 radical (unpaired) electrons. The molecule has 1 aliphatic heterocycles. The second-order valence-corrected chi connectivity index (χ2v) is 5.45. The number of piperazine rings is 1. The lowest BCUT2D eigenvalue weighted by atomic mass is 10.2. The molecule has 1 saturated heterocycles. The number of aromatic nitrogens is 3. The molecule has 114 valence electrons. The van der Waals surface area contributed by atoms with Crippen molar-refractivity contribution < 1.29 is 0 Å². The van der Waals surface area contributed by atoms with Crippen LogP contribution in [-0.2, 0) is 13.0 Å². The Bertz CT molecular complexity index is 661. The fourth-order valence-corrected chi connectivity index (χ4v) is 2.65. The number of hydrogen-bond donors (Lipinski definition) is 1. The van der Waals surface area contributed by atoms with E-state index in [4.69, 9.17) is 5.26 Å². The number of nitrogens with one attached hydrogen (secondary N) is 1. The lowest BCUT2D eigenvalue weighted by molar-refractivity contribution is 0.233. The standard InChI is InChI=1S/C16H20N6/c1-2-15-14(9-17)12-22(20-15)16-4-3-13(10-19-16)11-21-7-5-18-6-8-21/h3-4,10,12,18H,2,5-8,11H2,1H3. The van der Waals surface area contributed by atoms with Crippen molar-refractivity contribution in [1.29, 1.82) is 5.26 Å². The van der Waals surface area contributed by atoms with Crippen LogP contribution in [0.15, 0.2) is 24.5 Å². The molecule has 3 heterocycles. The van der Waals surface area contributed by atoms with Crippen molar-refractivity contribution in [3.05, 3.63) is 41.3 Å². The molecule has 1 N–H and O–H groups in total. The Labute approximate surface area is 130 Å². The van der Waals surface area contributed by atoms with Crippen molar-refractivity contribution >= 4 is 0 Å². The van der Waals surface area contributed by atoms with Crippen molar-refractivity contribution in [3.8, 4) is 11.9 Å². The number of pyridine rings is 1. The van der Waals surface area contributed by atoms with Crippen LogP contribution in [0.3, 0.4) is 0 Å². The van der Waals surface area contributed by atoms with Gasteiger partial charge in [0.15, 0.2) is 5.82 Å². The van der Waals surface area contributed by atoms with Crippen LogP contribution in [0.1, 0.15) is 23.7 Å². The van der Waals surface area contributed by atoms with E-state index in [1.54, 1.807) is 10.9 Å². The number of aryl methyl sites for hydroxylation is 1. The molecule has 0 aliphatic carbocycles. The van der Waals surface area contributed by atoms with Gasteiger partial charge in [-0.15, -0.1) is 0 Å². The van der Waals surface area contributed by atoms with Gasteiger partial charge in [0.05, 0.1) is 17.5 Å². The van der Waals surface area contributed by atoms with Crippen LogP contribution in [-0.4, -0.2) is 45.8 Å². The first-order chi connectivity index (χ1) is 10.8. The minimum atomic E-state index is 0.620. The van der Waals surface area contributed by atoms with E-state index in [1.165, 1.54) is 5.56 Å². The van der Waals surface area contributed by atoms with Crippen LogP contribution < -0.4 is 5.32 Å². The molecule has 1 aliphatic rings. The molecule has 0 amide bonds. The molecule has 0 saturated carbocycles. The summed E-state index contributed by atoms with van der Waals surface area (Å²) in [7, 11) is 0. The number of nitriles is 1. The van der Waals surface area contributed by atoms with E-state index in [-0.39, 0.29) is 0 Å². The summed E-state index contributed by atoms with van der Waals surface area (Å²) < 4.78 is 1.69. The Morgan fingerprint density at radius 3 is 2.73 bits per heavy atom. The maximum absolute atomic E-state index is 9.10. The van der Waals surface area contributed by atoms with Gasteiger partial charge in [-0.2, -0.15) is 10.4 Å². The molecular formula is C16H20N6. The molecule has 3 rings (SSSR count). The van der Waals surface area contributed by atoms with E-state index in [0.29, 0.717) is 5.56 Å². The number of rotatable bonds is 4. The zero-order valence-corrected chi connectivity index (χ0v) is 12.8. The van der Waals surface area contributed by atoms with Gasteiger partial charge >= 0.3 is 0 Å². The summed E-state index contributed by atoms with van der Waals surface area (Å²) in [5.74, 6) is 0.750. The molecule has 6 heteroatoms. The van der Waals surface area contributed by atoms with Crippen molar-refractivity contribution in [3.63, 3.8) is 0 Å². The van der Waals surface area contributed by atoms with E-state index >= 15 is 0 Å². The van der Waals surface area contributed by atoms with Gasteiger partial charge in [0.25, 0.3) is 0 Å². The van der Waals surface area contributed by atoms with Crippen LogP contribution in [0.2, 0.25) is 0 Å². The van der Waals surface area contributed by atoms with Crippen molar-refractivity contribution in [1.82, 2.24) is 25.0 Å². The minimum Gasteiger partial charge on any atom is -0.314 e. The van der Waals surface area contributed by atoms with E-state index in [0.717, 1.165) is 50.7 Å². The molecule has 6 nitrogen and oxygen atoms in total. The molecule has 0 atom stereocenters. The summed E-state index contributed by atoms with van der Waals surface area (Å²) in [5.41, 5.74) is 2.64. The maximum Gasteiger partial charge on any atom is 0.153 e. The predicted octanol–water partition coefficient (Wildman–Crippen LogP) is 1.11. The van der Waals surface area contributed by atoms with Crippen molar-refractivity contribution in [2.24, 2.45) is 0 Å². The summed E-state index contributed by atoms with van der Waals surface area (Å²) in [6, 6.07) is 6.23. The largest absolute Gasteiger partial charge is 0.314 e. The second kappa shape index (κ2) is 6.69. The zero-order valence-electron chi connectivity index (χ0n) is 12.8. The molecule has 0 spiro atoms. The van der Waals surface area contributed by atoms with Gasteiger partial charge in [-0.3, -0.25) is 4.90 Å². The second-order valence-electron chi connectivity index (χ2n) is 5.45. The van der Waals surface area contributed by atoms with Gasteiger partial charge in [-0.05, 0) is 18.1 Å². The first kappa shape index (κ1) is 14.7. The normalized spacial score (nSPS) is 15.6. The highest BCUT2D eigenvalue weighted by atomic mass is 15.3. The average molecular weight is 296 g/mol. The molecule has 0 unspecified atom stereocenters. The summed E-state index contributed by atoms with van der Waals surface area (Å²) in [5, 5.41) is 16.9. The Balaban J connectivity index is 1.73. The Hall–Kier alpha value is -2.23. The lowest BCUT2D eigenvalue weighted by Gasteiger charge is -2.27. The van der Waals surface area contributed by atoms with Crippen LogP contribution >= 0.6 is 0 Å². The summed E-state index contributed by atoms with van der Waals surface area (Å²) in [6.07, 6.45) is 4.39. The van der Waals surface area contributed by atoms with Gasteiger partial charge < -0.3 is 5.32 Å². The van der Waals surface area contributed by atoms with Crippen LogP contribution in [0.5, 0.6) is 0 Å². The van der Waals surface area contributed by atoms with E-state index in [2.05, 4.69) is 32.4 Å². The van der Waals surface area contributed by atoms with Crippen molar-refractivity contribution in [2.75, 3.05) is 26.2 Å². The number of hydrogen-bond acceptors (Lipinski definition) is 5. The van der Waals surface area contributed by atoms with Crippen LogP contribution in [0, 0.1) is 11.3 Å². The average Bonchev–Trinajstić information content (AvgIpc) is 3.00. The first-order valence-electron chi connectivity index (χ1n) is 7.67. The van der Waals surface area contributed by atoms with E-state index in [9.17, 15) is 0 Å². The van der Waals surface area contributed by atoms with Gasteiger partial charge in [0.2, 0.25) is 0 Å². The maximum atomic E-state index is 9.10. The Morgan fingerprint density at radius 2 is 2.14 bits per heavy atom. The van der Waals surface area contributed by atoms with E-state index in [1.807, 2.05) is 19.2 Å². The summed E-state index contributed by atoms with van der Waals surface area (Å²) in [4.78, 5) is 6.91. The van der Waals surface area contributed by atoms with E-state index < -0.39 is 0 Å². The molecule has 0 bridgehead atoms. The fourth-order valence-electron chi connectivity index (χ4n) is 2.65. The third kappa shape index (κ3) is 3.16. The van der Waals surface area contributed by atoms with Crippen LogP contribution in [0.4, 0.5) is 0 Å². The highest BCUT2D eigenvalue weighted by molar-refractivity contribution is 5.35. The zero-order chi connectivity index (χ0) is 15.4. The van der Waals surface area contributed by atoms with Gasteiger partial charge in [0.1, 0.15) is 6.07 Å². The summed E-state index contributed by atoms with van der Waals surface area (Å²) in [6.45, 7) is 7.18. The quantitative estimate of drug-likeness (QED) is 0.915. The topological polar surface area (TPSA) is 69.8 Å². The Kier molecular flexibility index (Phi) is 4.47. The smallest absolute Gasteiger partial charge is 0.153 e. The third-order valence-electron chi connectivity index (χ3n) is 3.91. The molecule has 0 aromatic carbocycles. The van der Waals surface area contributed by atoms with Gasteiger partial charge in [0, 0.05) is 38.9 Å². The fraction of sp³-hybridized carbons (Fsp3) is 0.438. The minimum absolute atomic E-state index is 0.620. The first-order valence-corrected chi connectivity index (χ1v) is 7.67.